The third-order valence-electron chi connectivity index (χ3n) is 4.16. The Bertz CT molecular complexity index is 208. The molecule has 0 radical (unpaired) electrons. The molecule has 2 saturated heterocycles. The first-order chi connectivity index (χ1) is 7.75. The van der Waals surface area contributed by atoms with Crippen LogP contribution in [0, 0.1) is 11.8 Å². The first kappa shape index (κ1) is 15.2. The average Bonchev–Trinajstić information content (AvgIpc) is 2.79. The largest absolute Gasteiger partial charge is 0.381 e. The molecule has 0 bridgehead atoms. The Morgan fingerprint density at radius 3 is 2.88 bits per heavy atom. The first-order valence-corrected chi connectivity index (χ1v) is 6.81. The number of rotatable bonds is 4. The molecule has 2 aliphatic rings. The molecule has 0 amide bonds. The zero-order chi connectivity index (χ0) is 11.4. The van der Waals surface area contributed by atoms with Gasteiger partial charge in [-0.2, -0.15) is 0 Å². The number of piperidine rings is 1. The van der Waals surface area contributed by atoms with E-state index >= 15 is 0 Å². The highest BCUT2D eigenvalue weighted by atomic mass is 35.5. The molecule has 0 saturated carbocycles. The van der Waals surface area contributed by atoms with E-state index in [-0.39, 0.29) is 12.4 Å². The lowest BCUT2D eigenvalue weighted by Crippen LogP contribution is -2.42. The Balaban J connectivity index is 0.00000144. The summed E-state index contributed by atoms with van der Waals surface area (Å²) in [7, 11) is 0. The number of nitrogens with zero attached hydrogens (tertiary/aromatic N) is 1. The summed E-state index contributed by atoms with van der Waals surface area (Å²) in [5, 5.41) is 0. The highest BCUT2D eigenvalue weighted by Crippen LogP contribution is 2.21. The average molecular weight is 263 g/mol. The van der Waals surface area contributed by atoms with Crippen LogP contribution in [0.25, 0.3) is 0 Å². The van der Waals surface area contributed by atoms with Crippen LogP contribution in [-0.4, -0.2) is 43.8 Å². The van der Waals surface area contributed by atoms with Gasteiger partial charge in [0.2, 0.25) is 0 Å². The maximum atomic E-state index is 6.00. The van der Waals surface area contributed by atoms with E-state index in [1.165, 1.54) is 45.3 Å². The maximum absolute atomic E-state index is 6.00. The zero-order valence-electron chi connectivity index (χ0n) is 10.9. The van der Waals surface area contributed by atoms with Crippen molar-refractivity contribution in [3.63, 3.8) is 0 Å². The molecular weight excluding hydrogens is 236 g/mol. The third-order valence-corrected chi connectivity index (χ3v) is 4.16. The van der Waals surface area contributed by atoms with Crippen molar-refractivity contribution in [3.05, 3.63) is 0 Å². The second kappa shape index (κ2) is 7.57. The van der Waals surface area contributed by atoms with Crippen LogP contribution in [-0.2, 0) is 4.74 Å². The Labute approximate surface area is 111 Å². The molecule has 2 aliphatic heterocycles. The molecule has 3 unspecified atom stereocenters. The summed E-state index contributed by atoms with van der Waals surface area (Å²) >= 11 is 0. The van der Waals surface area contributed by atoms with Gasteiger partial charge in [-0.15, -0.1) is 12.4 Å². The monoisotopic (exact) mass is 262 g/mol. The molecule has 2 heterocycles. The molecule has 4 heteroatoms. The molecule has 2 rings (SSSR count). The number of nitrogens with two attached hydrogens (primary N) is 1. The van der Waals surface area contributed by atoms with Crippen LogP contribution >= 0.6 is 12.4 Å². The van der Waals surface area contributed by atoms with Crippen LogP contribution < -0.4 is 5.73 Å². The van der Waals surface area contributed by atoms with Gasteiger partial charge in [0.05, 0.1) is 0 Å². The fourth-order valence-corrected chi connectivity index (χ4v) is 2.90. The Morgan fingerprint density at radius 2 is 2.24 bits per heavy atom. The van der Waals surface area contributed by atoms with Crippen LogP contribution in [0.4, 0.5) is 0 Å². The Morgan fingerprint density at radius 1 is 1.41 bits per heavy atom. The van der Waals surface area contributed by atoms with E-state index in [4.69, 9.17) is 10.5 Å². The van der Waals surface area contributed by atoms with Gasteiger partial charge in [0.25, 0.3) is 0 Å². The van der Waals surface area contributed by atoms with Gasteiger partial charge in [0.1, 0.15) is 0 Å². The van der Waals surface area contributed by atoms with E-state index in [9.17, 15) is 0 Å². The smallest absolute Gasteiger partial charge is 0.0495 e. The van der Waals surface area contributed by atoms with Gasteiger partial charge in [-0.3, -0.25) is 0 Å². The lowest BCUT2D eigenvalue weighted by Gasteiger charge is -2.35. The van der Waals surface area contributed by atoms with Crippen molar-refractivity contribution in [2.75, 3.05) is 32.8 Å². The van der Waals surface area contributed by atoms with E-state index in [0.29, 0.717) is 12.0 Å². The maximum Gasteiger partial charge on any atom is 0.0495 e. The minimum absolute atomic E-state index is 0. The molecular formula is C13H27ClN2O. The third kappa shape index (κ3) is 4.74. The summed E-state index contributed by atoms with van der Waals surface area (Å²) in [6.45, 7) is 7.86. The van der Waals surface area contributed by atoms with Gasteiger partial charge in [-0.25, -0.2) is 0 Å². The molecule has 3 atom stereocenters. The summed E-state index contributed by atoms with van der Waals surface area (Å²) in [6.07, 6.45) is 5.23. The van der Waals surface area contributed by atoms with Crippen molar-refractivity contribution in [2.45, 2.75) is 38.6 Å². The van der Waals surface area contributed by atoms with Crippen LogP contribution in [0.2, 0.25) is 0 Å². The van der Waals surface area contributed by atoms with E-state index in [1.54, 1.807) is 0 Å². The molecule has 0 aromatic rings. The standard InChI is InChI=1S/C13H26N2O.ClH/c1-11(14)13-3-2-6-15(9-13)7-4-12-5-8-16-10-12;/h11-13H,2-10,14H2,1H3;1H. The molecule has 0 aromatic carbocycles. The SMILES string of the molecule is CC(N)C1CCCN(CCC2CCOC2)C1.Cl. The topological polar surface area (TPSA) is 38.5 Å². The molecule has 3 nitrogen and oxygen atoms in total. The van der Waals surface area contributed by atoms with Crippen molar-refractivity contribution in [1.29, 1.82) is 0 Å². The number of hydrogen-bond acceptors (Lipinski definition) is 3. The Kier molecular flexibility index (Phi) is 6.78. The second-order valence-electron chi connectivity index (χ2n) is 5.58. The van der Waals surface area contributed by atoms with Crippen molar-refractivity contribution in [1.82, 2.24) is 4.90 Å². The van der Waals surface area contributed by atoms with Crippen LogP contribution in [0.5, 0.6) is 0 Å². The van der Waals surface area contributed by atoms with Gasteiger partial charge in [0.15, 0.2) is 0 Å². The van der Waals surface area contributed by atoms with Crippen molar-refractivity contribution in [2.24, 2.45) is 17.6 Å². The van der Waals surface area contributed by atoms with Crippen LogP contribution in [0.1, 0.15) is 32.6 Å². The van der Waals surface area contributed by atoms with E-state index in [2.05, 4.69) is 11.8 Å². The number of likely N-dealkylation sites (tertiary alicyclic amines) is 1. The van der Waals surface area contributed by atoms with E-state index in [1.807, 2.05) is 0 Å². The van der Waals surface area contributed by atoms with Gasteiger partial charge >= 0.3 is 0 Å². The van der Waals surface area contributed by atoms with Gasteiger partial charge in [-0.1, -0.05) is 0 Å². The molecule has 0 aromatic heterocycles. The molecule has 17 heavy (non-hydrogen) atoms. The number of hydrogen-bond donors (Lipinski definition) is 1. The van der Waals surface area contributed by atoms with Gasteiger partial charge in [-0.05, 0) is 57.5 Å². The van der Waals surface area contributed by atoms with Crippen LogP contribution in [0.15, 0.2) is 0 Å². The summed E-state index contributed by atoms with van der Waals surface area (Å²) in [6, 6.07) is 0.359. The minimum Gasteiger partial charge on any atom is -0.381 e. The lowest BCUT2D eigenvalue weighted by atomic mass is 9.92. The second-order valence-corrected chi connectivity index (χ2v) is 5.58. The lowest BCUT2D eigenvalue weighted by molar-refractivity contribution is 0.145. The minimum atomic E-state index is 0. The highest BCUT2D eigenvalue weighted by Gasteiger charge is 2.23. The van der Waals surface area contributed by atoms with E-state index in [0.717, 1.165) is 19.1 Å². The summed E-state index contributed by atoms with van der Waals surface area (Å²) in [4.78, 5) is 2.61. The molecule has 0 spiro atoms. The van der Waals surface area contributed by atoms with Crippen molar-refractivity contribution < 1.29 is 4.74 Å². The van der Waals surface area contributed by atoms with E-state index < -0.39 is 0 Å². The predicted octanol–water partition coefficient (Wildman–Crippen LogP) is 1.89. The van der Waals surface area contributed by atoms with Crippen molar-refractivity contribution in [3.8, 4) is 0 Å². The van der Waals surface area contributed by atoms with Gasteiger partial charge in [0, 0.05) is 25.8 Å². The predicted molar refractivity (Wildman–Crippen MR) is 73.6 cm³/mol. The first-order valence-electron chi connectivity index (χ1n) is 6.81. The fourth-order valence-electron chi connectivity index (χ4n) is 2.90. The molecule has 102 valence electrons. The zero-order valence-corrected chi connectivity index (χ0v) is 11.8. The molecule has 2 fully saturated rings. The molecule has 0 aliphatic carbocycles. The van der Waals surface area contributed by atoms with Crippen molar-refractivity contribution >= 4 is 12.4 Å². The molecule has 2 N–H and O–H groups in total. The normalized spacial score (nSPS) is 32.1. The quantitative estimate of drug-likeness (QED) is 0.841. The summed E-state index contributed by atoms with van der Waals surface area (Å²) in [5.41, 5.74) is 6.00. The number of halogens is 1. The summed E-state index contributed by atoms with van der Waals surface area (Å²) in [5.74, 6) is 1.53. The van der Waals surface area contributed by atoms with Gasteiger partial charge < -0.3 is 15.4 Å². The number of ether oxygens (including phenoxy) is 1. The van der Waals surface area contributed by atoms with Crippen LogP contribution in [0.3, 0.4) is 0 Å². The Hall–Kier alpha value is 0.170. The fraction of sp³-hybridized carbons (Fsp3) is 1.00. The highest BCUT2D eigenvalue weighted by molar-refractivity contribution is 5.85. The summed E-state index contributed by atoms with van der Waals surface area (Å²) < 4.78 is 5.42.